The minimum Gasteiger partial charge on any atom is -0.285 e. The van der Waals surface area contributed by atoms with Gasteiger partial charge in [-0.05, 0) is 31.2 Å². The Bertz CT molecular complexity index is 510. The van der Waals surface area contributed by atoms with Crippen molar-refractivity contribution in [3.8, 4) is 5.69 Å². The van der Waals surface area contributed by atoms with Gasteiger partial charge in [-0.2, -0.15) is 0 Å². The van der Waals surface area contributed by atoms with E-state index in [4.69, 9.17) is 11.6 Å². The predicted molar refractivity (Wildman–Crippen MR) is 60.7 cm³/mol. The fourth-order valence-electron chi connectivity index (χ4n) is 1.52. The molecule has 3 nitrogen and oxygen atoms in total. The average molecular weight is 223 g/mol. The Labute approximate surface area is 92.5 Å². The number of hydrogen-bond acceptors (Lipinski definition) is 1. The third kappa shape index (κ3) is 1.83. The molecule has 78 valence electrons. The lowest BCUT2D eigenvalue weighted by atomic mass is 10.3. The molecule has 4 heteroatoms. The Kier molecular flexibility index (Phi) is 2.64. The highest BCUT2D eigenvalue weighted by atomic mass is 35.5. The second-order valence-electron chi connectivity index (χ2n) is 3.20. The van der Waals surface area contributed by atoms with Gasteiger partial charge in [0.2, 0.25) is 0 Å². The topological polar surface area (TPSA) is 26.9 Å². The summed E-state index contributed by atoms with van der Waals surface area (Å²) < 4.78 is 3.47. The van der Waals surface area contributed by atoms with E-state index in [1.807, 2.05) is 23.7 Å². The van der Waals surface area contributed by atoms with Gasteiger partial charge in [-0.25, -0.2) is 4.68 Å². The summed E-state index contributed by atoms with van der Waals surface area (Å²) >= 11 is 5.79. The van der Waals surface area contributed by atoms with Crippen molar-refractivity contribution < 1.29 is 0 Å². The Morgan fingerprint density at radius 1 is 1.20 bits per heavy atom. The number of halogens is 1. The molecular weight excluding hydrogens is 212 g/mol. The zero-order valence-corrected chi connectivity index (χ0v) is 9.11. The molecule has 1 aromatic carbocycles. The van der Waals surface area contributed by atoms with Gasteiger partial charge in [-0.3, -0.25) is 9.48 Å². The van der Waals surface area contributed by atoms with Crippen LogP contribution in [0.2, 0.25) is 5.02 Å². The first-order valence-corrected chi connectivity index (χ1v) is 5.14. The summed E-state index contributed by atoms with van der Waals surface area (Å²) in [6.45, 7) is 2.75. The monoisotopic (exact) mass is 222 g/mol. The van der Waals surface area contributed by atoms with Gasteiger partial charge in [0.05, 0.1) is 5.69 Å². The van der Waals surface area contributed by atoms with Gasteiger partial charge in [-0.15, -0.1) is 0 Å². The number of nitrogens with zero attached hydrogens (tertiary/aromatic N) is 2. The Hall–Kier alpha value is -1.48. The van der Waals surface area contributed by atoms with Gasteiger partial charge in [0, 0.05) is 23.8 Å². The van der Waals surface area contributed by atoms with Crippen molar-refractivity contribution in [3.05, 3.63) is 51.9 Å². The number of aryl methyl sites for hydroxylation is 1. The van der Waals surface area contributed by atoms with Crippen molar-refractivity contribution >= 4 is 11.6 Å². The summed E-state index contributed by atoms with van der Waals surface area (Å²) in [5.74, 6) is 0. The van der Waals surface area contributed by atoms with Crippen LogP contribution in [0.1, 0.15) is 6.92 Å². The highest BCUT2D eigenvalue weighted by Gasteiger charge is 2.03. The molecule has 15 heavy (non-hydrogen) atoms. The maximum absolute atomic E-state index is 11.6. The second kappa shape index (κ2) is 3.95. The molecule has 2 rings (SSSR count). The first kappa shape index (κ1) is 10.1. The fraction of sp³-hybridized carbons (Fsp3) is 0.182. The molecule has 0 atom stereocenters. The molecule has 0 aliphatic carbocycles. The lowest BCUT2D eigenvalue weighted by molar-refractivity contribution is 0.574. The number of benzene rings is 1. The highest BCUT2D eigenvalue weighted by molar-refractivity contribution is 6.30. The Morgan fingerprint density at radius 2 is 1.87 bits per heavy atom. The van der Waals surface area contributed by atoms with Crippen LogP contribution in [0.4, 0.5) is 0 Å². The normalized spacial score (nSPS) is 10.5. The smallest absolute Gasteiger partial charge is 0.271 e. The van der Waals surface area contributed by atoms with Crippen LogP contribution in [0.25, 0.3) is 5.69 Å². The summed E-state index contributed by atoms with van der Waals surface area (Å²) in [6, 6.07) is 8.76. The molecule has 1 heterocycles. The lowest BCUT2D eigenvalue weighted by Crippen LogP contribution is -2.20. The van der Waals surface area contributed by atoms with E-state index in [1.54, 1.807) is 29.1 Å². The number of hydrogen-bond donors (Lipinski definition) is 0. The van der Waals surface area contributed by atoms with Crippen molar-refractivity contribution in [3.63, 3.8) is 0 Å². The molecule has 0 fully saturated rings. The van der Waals surface area contributed by atoms with E-state index in [2.05, 4.69) is 0 Å². The Morgan fingerprint density at radius 3 is 2.47 bits per heavy atom. The molecule has 2 aromatic rings. The highest BCUT2D eigenvalue weighted by Crippen LogP contribution is 2.11. The van der Waals surface area contributed by atoms with Crippen LogP contribution in [0, 0.1) is 0 Å². The van der Waals surface area contributed by atoms with E-state index in [0.717, 1.165) is 12.2 Å². The molecule has 0 saturated heterocycles. The summed E-state index contributed by atoms with van der Waals surface area (Å²) in [4.78, 5) is 11.6. The molecule has 0 aliphatic rings. The fourth-order valence-corrected chi connectivity index (χ4v) is 1.64. The number of rotatable bonds is 2. The van der Waals surface area contributed by atoms with E-state index in [-0.39, 0.29) is 5.56 Å². The predicted octanol–water partition coefficient (Wildman–Crippen LogP) is 2.31. The maximum atomic E-state index is 11.6. The summed E-state index contributed by atoms with van der Waals surface area (Å²) in [5, 5.41) is 0.668. The average Bonchev–Trinajstić information content (AvgIpc) is 2.61. The van der Waals surface area contributed by atoms with Gasteiger partial charge in [0.15, 0.2) is 0 Å². The molecule has 0 aliphatic heterocycles. The SMILES string of the molecule is CCn1ccc(=O)n1-c1ccc(Cl)cc1. The van der Waals surface area contributed by atoms with Crippen molar-refractivity contribution in [2.24, 2.45) is 0 Å². The Balaban J connectivity index is 2.57. The van der Waals surface area contributed by atoms with Crippen molar-refractivity contribution in [2.45, 2.75) is 13.5 Å². The van der Waals surface area contributed by atoms with Crippen LogP contribution in [-0.4, -0.2) is 9.36 Å². The van der Waals surface area contributed by atoms with Crippen LogP contribution < -0.4 is 5.56 Å². The zero-order valence-electron chi connectivity index (χ0n) is 8.35. The van der Waals surface area contributed by atoms with E-state index >= 15 is 0 Å². The summed E-state index contributed by atoms with van der Waals surface area (Å²) in [6.07, 6.45) is 1.77. The first-order chi connectivity index (χ1) is 7.22. The van der Waals surface area contributed by atoms with Gasteiger partial charge in [-0.1, -0.05) is 11.6 Å². The quantitative estimate of drug-likeness (QED) is 0.766. The van der Waals surface area contributed by atoms with Crippen LogP contribution in [0.15, 0.2) is 41.3 Å². The molecule has 1 aromatic heterocycles. The van der Waals surface area contributed by atoms with E-state index in [1.165, 1.54) is 0 Å². The zero-order chi connectivity index (χ0) is 10.8. The third-order valence-corrected chi connectivity index (χ3v) is 2.50. The van der Waals surface area contributed by atoms with Crippen molar-refractivity contribution in [2.75, 3.05) is 0 Å². The molecule has 0 unspecified atom stereocenters. The molecule has 0 bridgehead atoms. The van der Waals surface area contributed by atoms with Crippen LogP contribution >= 0.6 is 11.6 Å². The molecule has 0 radical (unpaired) electrons. The largest absolute Gasteiger partial charge is 0.285 e. The molecular formula is C11H11ClN2O. The van der Waals surface area contributed by atoms with Crippen LogP contribution in [0.3, 0.4) is 0 Å². The lowest BCUT2D eigenvalue weighted by Gasteiger charge is -2.09. The van der Waals surface area contributed by atoms with Crippen molar-refractivity contribution in [1.82, 2.24) is 9.36 Å². The van der Waals surface area contributed by atoms with Gasteiger partial charge in [0.1, 0.15) is 0 Å². The molecule has 0 amide bonds. The van der Waals surface area contributed by atoms with Gasteiger partial charge < -0.3 is 0 Å². The molecule has 0 saturated carbocycles. The minimum absolute atomic E-state index is 0.0285. The van der Waals surface area contributed by atoms with E-state index in [9.17, 15) is 4.79 Å². The van der Waals surface area contributed by atoms with Gasteiger partial charge in [0.25, 0.3) is 5.56 Å². The summed E-state index contributed by atoms with van der Waals surface area (Å²) in [7, 11) is 0. The minimum atomic E-state index is -0.0285. The van der Waals surface area contributed by atoms with Gasteiger partial charge >= 0.3 is 0 Å². The van der Waals surface area contributed by atoms with Crippen LogP contribution in [0.5, 0.6) is 0 Å². The van der Waals surface area contributed by atoms with E-state index in [0.29, 0.717) is 5.02 Å². The number of aromatic nitrogens is 2. The standard InChI is InChI=1S/C11H11ClN2O/c1-2-13-8-7-11(15)14(13)10-5-3-9(12)4-6-10/h3-8H,2H2,1H3. The van der Waals surface area contributed by atoms with Crippen molar-refractivity contribution in [1.29, 1.82) is 0 Å². The third-order valence-electron chi connectivity index (χ3n) is 2.25. The molecule has 0 spiro atoms. The molecule has 0 N–H and O–H groups in total. The maximum Gasteiger partial charge on any atom is 0.271 e. The first-order valence-electron chi connectivity index (χ1n) is 4.77. The summed E-state index contributed by atoms with van der Waals surface area (Å²) in [5.41, 5.74) is 0.801. The van der Waals surface area contributed by atoms with E-state index < -0.39 is 0 Å². The second-order valence-corrected chi connectivity index (χ2v) is 3.63. The van der Waals surface area contributed by atoms with Crippen LogP contribution in [-0.2, 0) is 6.54 Å².